The second-order valence-electron chi connectivity index (χ2n) is 6.85. The number of para-hydroxylation sites is 1. The lowest BCUT2D eigenvalue weighted by atomic mass is 9.97. The van der Waals surface area contributed by atoms with Gasteiger partial charge in [-0.05, 0) is 44.2 Å². The number of carboxylic acids is 1. The number of imide groups is 2. The highest BCUT2D eigenvalue weighted by Crippen LogP contribution is 2.24. The molecule has 1 aliphatic carbocycles. The molecule has 1 aromatic rings. The number of nitrogens with zero attached hydrogens (tertiary/aromatic N) is 1. The third kappa shape index (κ3) is 5.10. The molecule has 2 aliphatic rings. The van der Waals surface area contributed by atoms with Crippen LogP contribution >= 0.6 is 0 Å². The number of nitrogens with one attached hydrogen (secondary N) is 1. The number of barbiturate groups is 1. The van der Waals surface area contributed by atoms with Crippen molar-refractivity contribution in [2.75, 3.05) is 13.2 Å². The van der Waals surface area contributed by atoms with Gasteiger partial charge in [-0.2, -0.15) is 0 Å². The number of urea groups is 1. The van der Waals surface area contributed by atoms with Gasteiger partial charge in [-0.3, -0.25) is 19.8 Å². The van der Waals surface area contributed by atoms with Crippen molar-refractivity contribution in [1.82, 2.24) is 10.2 Å². The third-order valence-electron chi connectivity index (χ3n) is 4.80. The van der Waals surface area contributed by atoms with Crippen molar-refractivity contribution in [3.8, 4) is 5.75 Å². The molecule has 1 fully saturated rings. The quantitative estimate of drug-likeness (QED) is 0.415. The van der Waals surface area contributed by atoms with Crippen LogP contribution in [0.15, 0.2) is 41.5 Å². The molecule has 4 amide bonds. The first-order valence-corrected chi connectivity index (χ1v) is 9.46. The van der Waals surface area contributed by atoms with Gasteiger partial charge in [0, 0.05) is 12.1 Å². The third-order valence-corrected chi connectivity index (χ3v) is 4.80. The van der Waals surface area contributed by atoms with Crippen LogP contribution < -0.4 is 10.1 Å². The Bertz CT molecular complexity index is 902. The average Bonchev–Trinajstić information content (AvgIpc) is 2.70. The number of aliphatic carboxylic acids is 1. The molecule has 8 nitrogen and oxygen atoms in total. The van der Waals surface area contributed by atoms with E-state index in [1.165, 1.54) is 11.6 Å². The van der Waals surface area contributed by atoms with Crippen LogP contribution in [0.25, 0.3) is 6.08 Å². The zero-order valence-electron chi connectivity index (χ0n) is 15.8. The summed E-state index contributed by atoms with van der Waals surface area (Å²) in [5.74, 6) is -2.39. The van der Waals surface area contributed by atoms with Crippen LogP contribution in [0.2, 0.25) is 0 Å². The van der Waals surface area contributed by atoms with Crippen LogP contribution in [-0.2, 0) is 14.4 Å². The summed E-state index contributed by atoms with van der Waals surface area (Å²) >= 11 is 0. The number of carboxylic acid groups (broad SMARTS) is 1. The van der Waals surface area contributed by atoms with E-state index in [2.05, 4.69) is 11.4 Å². The Labute approximate surface area is 167 Å². The Kier molecular flexibility index (Phi) is 6.43. The van der Waals surface area contributed by atoms with E-state index in [9.17, 15) is 19.2 Å². The van der Waals surface area contributed by atoms with E-state index >= 15 is 0 Å². The Morgan fingerprint density at radius 1 is 1.21 bits per heavy atom. The van der Waals surface area contributed by atoms with Crippen molar-refractivity contribution in [3.05, 3.63) is 47.1 Å². The van der Waals surface area contributed by atoms with Crippen LogP contribution in [0, 0.1) is 0 Å². The molecule has 29 heavy (non-hydrogen) atoms. The molecule has 0 atom stereocenters. The maximum atomic E-state index is 12.8. The first kappa shape index (κ1) is 20.3. The van der Waals surface area contributed by atoms with Crippen molar-refractivity contribution in [3.63, 3.8) is 0 Å². The number of allylic oxidation sites excluding steroid dienone is 1. The summed E-state index contributed by atoms with van der Waals surface area (Å²) < 4.78 is 5.21. The summed E-state index contributed by atoms with van der Waals surface area (Å²) in [5, 5.41) is 11.0. The first-order chi connectivity index (χ1) is 14.0. The molecule has 2 N–H and O–H groups in total. The second kappa shape index (κ2) is 9.18. The Hall–Kier alpha value is -3.42. The van der Waals surface area contributed by atoms with Crippen LogP contribution in [0.4, 0.5) is 4.79 Å². The van der Waals surface area contributed by atoms with Gasteiger partial charge in [-0.1, -0.05) is 29.8 Å². The summed E-state index contributed by atoms with van der Waals surface area (Å²) in [5.41, 5.74) is 1.39. The molecule has 0 bridgehead atoms. The van der Waals surface area contributed by atoms with E-state index in [1.807, 2.05) is 0 Å². The molecule has 1 aliphatic heterocycles. The van der Waals surface area contributed by atoms with E-state index in [1.54, 1.807) is 24.3 Å². The van der Waals surface area contributed by atoms with Crippen LogP contribution in [0.5, 0.6) is 5.75 Å². The predicted octanol–water partition coefficient (Wildman–Crippen LogP) is 2.50. The molecule has 8 heteroatoms. The predicted molar refractivity (Wildman–Crippen MR) is 104 cm³/mol. The minimum atomic E-state index is -1.15. The van der Waals surface area contributed by atoms with Crippen molar-refractivity contribution in [1.29, 1.82) is 0 Å². The fraction of sp³-hybridized carbons (Fsp3) is 0.333. The molecule has 1 aromatic carbocycles. The van der Waals surface area contributed by atoms with E-state index in [0.29, 0.717) is 12.0 Å². The number of carbonyl (C=O) groups is 4. The van der Waals surface area contributed by atoms with Gasteiger partial charge in [-0.25, -0.2) is 9.59 Å². The van der Waals surface area contributed by atoms with Gasteiger partial charge in [0.1, 0.15) is 11.3 Å². The molecule has 0 spiro atoms. The molecule has 0 unspecified atom stereocenters. The molecular formula is C21H22N2O6. The number of hydrogen-bond acceptors (Lipinski definition) is 5. The smallest absolute Gasteiger partial charge is 0.341 e. The summed E-state index contributed by atoms with van der Waals surface area (Å²) in [6.07, 6.45) is 8.26. The van der Waals surface area contributed by atoms with Gasteiger partial charge >= 0.3 is 12.0 Å². The lowest BCUT2D eigenvalue weighted by Gasteiger charge is -2.27. The number of rotatable bonds is 7. The Morgan fingerprint density at radius 2 is 2.00 bits per heavy atom. The van der Waals surface area contributed by atoms with Gasteiger partial charge in [0.15, 0.2) is 6.61 Å². The largest absolute Gasteiger partial charge is 0.481 e. The molecule has 1 heterocycles. The lowest BCUT2D eigenvalue weighted by Crippen LogP contribution is -2.54. The SMILES string of the molecule is O=C(O)COc1ccccc1/C=C1\C(=O)NC(=O)N(CCC2=CCCCC2)C1=O. The van der Waals surface area contributed by atoms with Gasteiger partial charge in [0.2, 0.25) is 0 Å². The Balaban J connectivity index is 1.80. The van der Waals surface area contributed by atoms with E-state index in [0.717, 1.165) is 30.6 Å². The summed E-state index contributed by atoms with van der Waals surface area (Å²) in [6, 6.07) is 5.72. The summed E-state index contributed by atoms with van der Waals surface area (Å²) in [7, 11) is 0. The van der Waals surface area contributed by atoms with Gasteiger partial charge in [0.25, 0.3) is 11.8 Å². The molecule has 1 saturated heterocycles. The van der Waals surface area contributed by atoms with E-state index in [-0.39, 0.29) is 17.9 Å². The minimum absolute atomic E-state index is 0.193. The number of hydrogen-bond donors (Lipinski definition) is 2. The first-order valence-electron chi connectivity index (χ1n) is 9.46. The summed E-state index contributed by atoms with van der Waals surface area (Å²) in [4.78, 5) is 49.0. The highest BCUT2D eigenvalue weighted by atomic mass is 16.5. The maximum Gasteiger partial charge on any atom is 0.341 e. The normalized spacial score (nSPS) is 18.5. The molecule has 0 radical (unpaired) electrons. The van der Waals surface area contributed by atoms with Crippen LogP contribution in [0.1, 0.15) is 37.7 Å². The number of benzene rings is 1. The van der Waals surface area contributed by atoms with Crippen LogP contribution in [0.3, 0.4) is 0 Å². The fourth-order valence-corrected chi connectivity index (χ4v) is 3.31. The van der Waals surface area contributed by atoms with Crippen LogP contribution in [-0.4, -0.2) is 47.0 Å². The second-order valence-corrected chi connectivity index (χ2v) is 6.85. The molecular weight excluding hydrogens is 376 g/mol. The van der Waals surface area contributed by atoms with Crippen molar-refractivity contribution in [2.45, 2.75) is 32.1 Å². The standard InChI is InChI=1S/C21H22N2O6/c24-18(25)13-29-17-9-5-4-8-15(17)12-16-19(26)22-21(28)23(20(16)27)11-10-14-6-2-1-3-7-14/h4-6,8-9,12H,1-3,7,10-11,13H2,(H,24,25)(H,22,26,28)/b16-12+. The lowest BCUT2D eigenvalue weighted by molar-refractivity contribution is -0.139. The summed E-state index contributed by atoms with van der Waals surface area (Å²) in [6.45, 7) is -0.363. The minimum Gasteiger partial charge on any atom is -0.481 e. The zero-order chi connectivity index (χ0) is 20.8. The van der Waals surface area contributed by atoms with Crippen molar-refractivity contribution in [2.24, 2.45) is 0 Å². The number of ether oxygens (including phenoxy) is 1. The maximum absolute atomic E-state index is 12.8. The Morgan fingerprint density at radius 3 is 2.72 bits per heavy atom. The molecule has 3 rings (SSSR count). The number of carbonyl (C=O) groups excluding carboxylic acids is 3. The highest BCUT2D eigenvalue weighted by Gasteiger charge is 2.35. The fourth-order valence-electron chi connectivity index (χ4n) is 3.31. The van der Waals surface area contributed by atoms with Crippen molar-refractivity contribution < 1.29 is 29.0 Å². The molecule has 152 valence electrons. The number of amides is 4. The molecule has 0 saturated carbocycles. The van der Waals surface area contributed by atoms with E-state index in [4.69, 9.17) is 9.84 Å². The average molecular weight is 398 g/mol. The zero-order valence-corrected chi connectivity index (χ0v) is 15.8. The van der Waals surface area contributed by atoms with Gasteiger partial charge in [0.05, 0.1) is 0 Å². The van der Waals surface area contributed by atoms with Gasteiger partial charge < -0.3 is 9.84 Å². The van der Waals surface area contributed by atoms with Crippen molar-refractivity contribution >= 4 is 29.9 Å². The topological polar surface area (TPSA) is 113 Å². The molecule has 0 aromatic heterocycles. The van der Waals surface area contributed by atoms with E-state index < -0.39 is 30.4 Å². The highest BCUT2D eigenvalue weighted by molar-refractivity contribution is 6.31. The monoisotopic (exact) mass is 398 g/mol. The van der Waals surface area contributed by atoms with Gasteiger partial charge in [-0.15, -0.1) is 0 Å².